The van der Waals surface area contributed by atoms with Crippen molar-refractivity contribution in [1.29, 1.82) is 0 Å². The van der Waals surface area contributed by atoms with Crippen LogP contribution < -0.4 is 0 Å². The second-order valence-corrected chi connectivity index (χ2v) is 5.24. The molecular weight excluding hydrogens is 180 g/mol. The normalized spacial score (nSPS) is 53.8. The summed E-state index contributed by atoms with van der Waals surface area (Å²) in [5.41, 5.74) is 0.466. The monoisotopic (exact) mass is 194 g/mol. The second kappa shape index (κ2) is 2.35. The molecule has 0 aromatic heterocycles. The Morgan fingerprint density at radius 1 is 1.43 bits per heavy atom. The predicted molar refractivity (Wildman–Crippen MR) is 49.0 cm³/mol. The highest BCUT2D eigenvalue weighted by atomic mass is 16.4. The number of hydrogen-bond donors (Lipinski definition) is 1. The van der Waals surface area contributed by atoms with Gasteiger partial charge in [-0.3, -0.25) is 0 Å². The average Bonchev–Trinajstić information content (AvgIpc) is 2.57. The van der Waals surface area contributed by atoms with Crippen LogP contribution in [0.1, 0.15) is 26.2 Å². The van der Waals surface area contributed by atoms with E-state index < -0.39 is 12.0 Å². The predicted octanol–water partition coefficient (Wildman–Crippen LogP) is 1.71. The van der Waals surface area contributed by atoms with Crippen LogP contribution in [0.15, 0.2) is 10.2 Å². The van der Waals surface area contributed by atoms with Crippen molar-refractivity contribution >= 4 is 5.97 Å². The first-order valence-electron chi connectivity index (χ1n) is 5.23. The van der Waals surface area contributed by atoms with E-state index in [0.29, 0.717) is 5.41 Å². The second-order valence-electron chi connectivity index (χ2n) is 5.24. The minimum atomic E-state index is -0.800. The third kappa shape index (κ3) is 0.967. The van der Waals surface area contributed by atoms with Gasteiger partial charge in [0.05, 0.1) is 6.04 Å². The van der Waals surface area contributed by atoms with Crippen molar-refractivity contribution in [3.63, 3.8) is 0 Å². The molecule has 0 aromatic carbocycles. The number of carbonyl (C=O) groups is 1. The Labute approximate surface area is 82.4 Å². The van der Waals surface area contributed by atoms with Gasteiger partial charge in [-0.15, -0.1) is 0 Å². The molecule has 3 aliphatic rings. The van der Waals surface area contributed by atoms with Gasteiger partial charge < -0.3 is 5.11 Å². The summed E-state index contributed by atoms with van der Waals surface area (Å²) in [6.45, 7) is 2.29. The lowest BCUT2D eigenvalue weighted by Gasteiger charge is -2.28. The van der Waals surface area contributed by atoms with E-state index in [-0.39, 0.29) is 12.0 Å². The maximum absolute atomic E-state index is 10.9. The SMILES string of the molecule is C[C@@]12CC3N=NC(C(=O)O)C3C[C@@H]1C2. The standard InChI is InChI=1S/C10H14N2O2/c1-10-3-5(10)2-6-7(4-10)11-12-8(6)9(13)14/h5-8H,2-4H2,1H3,(H,13,14)/t5-,6?,7?,8?,10-/m1/s1. The van der Waals surface area contributed by atoms with Crippen LogP contribution in [-0.4, -0.2) is 23.2 Å². The number of azo groups is 1. The van der Waals surface area contributed by atoms with E-state index in [1.807, 2.05) is 0 Å². The highest BCUT2D eigenvalue weighted by Crippen LogP contribution is 2.64. The first kappa shape index (κ1) is 8.38. The van der Waals surface area contributed by atoms with Crippen LogP contribution in [0, 0.1) is 17.3 Å². The maximum atomic E-state index is 10.9. The van der Waals surface area contributed by atoms with E-state index in [9.17, 15) is 4.79 Å². The van der Waals surface area contributed by atoms with Crippen molar-refractivity contribution in [2.75, 3.05) is 0 Å². The summed E-state index contributed by atoms with van der Waals surface area (Å²) in [6, 6.07) is -0.356. The molecule has 0 saturated heterocycles. The Balaban J connectivity index is 1.82. The van der Waals surface area contributed by atoms with E-state index in [4.69, 9.17) is 5.11 Å². The zero-order valence-electron chi connectivity index (χ0n) is 8.18. The summed E-state index contributed by atoms with van der Waals surface area (Å²) in [4.78, 5) is 10.9. The minimum absolute atomic E-state index is 0.188. The van der Waals surface area contributed by atoms with Crippen molar-refractivity contribution in [2.24, 2.45) is 27.5 Å². The molecule has 2 fully saturated rings. The van der Waals surface area contributed by atoms with Gasteiger partial charge in [0, 0.05) is 5.92 Å². The van der Waals surface area contributed by atoms with Crippen LogP contribution in [-0.2, 0) is 4.79 Å². The van der Waals surface area contributed by atoms with Gasteiger partial charge in [0.1, 0.15) is 0 Å². The number of hydrogen-bond acceptors (Lipinski definition) is 3. The van der Waals surface area contributed by atoms with Gasteiger partial charge in [-0.05, 0) is 30.6 Å². The molecule has 0 aromatic rings. The molecule has 0 spiro atoms. The summed E-state index contributed by atoms with van der Waals surface area (Å²) in [5.74, 6) is 0.132. The van der Waals surface area contributed by atoms with Crippen molar-refractivity contribution in [1.82, 2.24) is 0 Å². The smallest absolute Gasteiger partial charge is 0.330 e. The Morgan fingerprint density at radius 3 is 2.93 bits per heavy atom. The maximum Gasteiger partial charge on any atom is 0.330 e. The van der Waals surface area contributed by atoms with Crippen molar-refractivity contribution in [3.8, 4) is 0 Å². The Morgan fingerprint density at radius 2 is 2.21 bits per heavy atom. The van der Waals surface area contributed by atoms with E-state index >= 15 is 0 Å². The fraction of sp³-hybridized carbons (Fsp3) is 0.900. The minimum Gasteiger partial charge on any atom is -0.480 e. The van der Waals surface area contributed by atoms with Crippen molar-refractivity contribution in [3.05, 3.63) is 0 Å². The molecular formula is C10H14N2O2. The number of rotatable bonds is 1. The Kier molecular flexibility index (Phi) is 1.41. The largest absolute Gasteiger partial charge is 0.480 e. The van der Waals surface area contributed by atoms with Gasteiger partial charge in [0.15, 0.2) is 6.04 Å². The van der Waals surface area contributed by atoms with Crippen molar-refractivity contribution < 1.29 is 9.90 Å². The molecule has 0 bridgehead atoms. The number of aliphatic carboxylic acids is 1. The highest BCUT2D eigenvalue weighted by Gasteiger charge is 2.59. The van der Waals surface area contributed by atoms with Gasteiger partial charge in [0.25, 0.3) is 0 Å². The molecule has 2 aliphatic carbocycles. The van der Waals surface area contributed by atoms with E-state index in [2.05, 4.69) is 17.2 Å². The van der Waals surface area contributed by atoms with Gasteiger partial charge in [-0.2, -0.15) is 10.2 Å². The van der Waals surface area contributed by atoms with Crippen LogP contribution in [0.4, 0.5) is 0 Å². The average molecular weight is 194 g/mol. The molecule has 2 saturated carbocycles. The molecule has 0 amide bonds. The lowest BCUT2D eigenvalue weighted by Crippen LogP contribution is -2.35. The third-order valence-corrected chi connectivity index (χ3v) is 4.26. The van der Waals surface area contributed by atoms with E-state index in [1.54, 1.807) is 0 Å². The topological polar surface area (TPSA) is 62.0 Å². The molecule has 3 rings (SSSR count). The molecule has 0 radical (unpaired) electrons. The molecule has 1 N–H and O–H groups in total. The van der Waals surface area contributed by atoms with Gasteiger partial charge in [-0.25, -0.2) is 4.79 Å². The van der Waals surface area contributed by atoms with Crippen molar-refractivity contribution in [2.45, 2.75) is 38.3 Å². The number of carboxylic acids is 1. The van der Waals surface area contributed by atoms with E-state index in [0.717, 1.165) is 18.8 Å². The fourth-order valence-corrected chi connectivity index (χ4v) is 3.18. The molecule has 5 atom stereocenters. The number of nitrogens with zero attached hydrogens (tertiary/aromatic N) is 2. The van der Waals surface area contributed by atoms with Gasteiger partial charge in [-0.1, -0.05) is 6.92 Å². The molecule has 1 heterocycles. The lowest BCUT2D eigenvalue weighted by molar-refractivity contribution is -0.139. The van der Waals surface area contributed by atoms with Crippen LogP contribution >= 0.6 is 0 Å². The van der Waals surface area contributed by atoms with Crippen LogP contribution in [0.25, 0.3) is 0 Å². The molecule has 4 nitrogen and oxygen atoms in total. The summed E-state index contributed by atoms with van der Waals surface area (Å²) in [7, 11) is 0. The lowest BCUT2D eigenvalue weighted by atomic mass is 9.77. The van der Waals surface area contributed by atoms with E-state index in [1.165, 1.54) is 6.42 Å². The Hall–Kier alpha value is -0.930. The van der Waals surface area contributed by atoms with Gasteiger partial charge >= 0.3 is 5.97 Å². The van der Waals surface area contributed by atoms with Crippen LogP contribution in [0.2, 0.25) is 0 Å². The van der Waals surface area contributed by atoms with Crippen LogP contribution in [0.3, 0.4) is 0 Å². The zero-order valence-corrected chi connectivity index (χ0v) is 8.18. The number of carboxylic acid groups (broad SMARTS) is 1. The summed E-state index contributed by atoms with van der Waals surface area (Å²) in [6.07, 6.45) is 3.34. The first-order valence-corrected chi connectivity index (χ1v) is 5.23. The third-order valence-electron chi connectivity index (χ3n) is 4.26. The summed E-state index contributed by atoms with van der Waals surface area (Å²) in [5, 5.41) is 17.0. The highest BCUT2D eigenvalue weighted by molar-refractivity contribution is 5.74. The quantitative estimate of drug-likeness (QED) is 0.690. The molecule has 76 valence electrons. The fourth-order valence-electron chi connectivity index (χ4n) is 3.18. The molecule has 4 heteroatoms. The van der Waals surface area contributed by atoms with Crippen LogP contribution in [0.5, 0.6) is 0 Å². The number of fused-ring (bicyclic) bond motifs is 2. The molecule has 14 heavy (non-hydrogen) atoms. The van der Waals surface area contributed by atoms with Gasteiger partial charge in [0.2, 0.25) is 0 Å². The first-order chi connectivity index (χ1) is 6.60. The molecule has 1 aliphatic heterocycles. The summed E-state index contributed by atoms with van der Waals surface area (Å²) >= 11 is 0. The zero-order chi connectivity index (χ0) is 9.92. The Bertz CT molecular complexity index is 328. The summed E-state index contributed by atoms with van der Waals surface area (Å²) < 4.78 is 0. The molecule has 3 unspecified atom stereocenters.